The van der Waals surface area contributed by atoms with E-state index in [1.165, 1.54) is 6.07 Å². The Morgan fingerprint density at radius 3 is 2.89 bits per heavy atom. The van der Waals surface area contributed by atoms with E-state index in [4.69, 9.17) is 0 Å². The largest absolute Gasteiger partial charge is 0.354 e. The summed E-state index contributed by atoms with van der Waals surface area (Å²) in [7, 11) is 0. The van der Waals surface area contributed by atoms with Crippen molar-refractivity contribution in [1.29, 1.82) is 0 Å². The van der Waals surface area contributed by atoms with Gasteiger partial charge in [-0.05, 0) is 55.6 Å². The van der Waals surface area contributed by atoms with Crippen LogP contribution >= 0.6 is 0 Å². The van der Waals surface area contributed by atoms with Gasteiger partial charge in [0.05, 0.1) is 0 Å². The second-order valence-electron chi connectivity index (χ2n) is 7.28. The Labute approximate surface area is 163 Å². The van der Waals surface area contributed by atoms with E-state index < -0.39 is 0 Å². The first-order valence-electron chi connectivity index (χ1n) is 9.81. The van der Waals surface area contributed by atoms with Crippen LogP contribution in [-0.4, -0.2) is 36.7 Å². The Morgan fingerprint density at radius 1 is 1.18 bits per heavy atom. The first-order valence-corrected chi connectivity index (χ1v) is 9.81. The topological polar surface area (TPSA) is 69.0 Å². The third-order valence-corrected chi connectivity index (χ3v) is 5.18. The molecule has 1 aromatic heterocycles. The molecule has 1 aliphatic rings. The summed E-state index contributed by atoms with van der Waals surface area (Å²) >= 11 is 0. The number of aromatic amines is 1. The number of urea groups is 1. The highest BCUT2D eigenvalue weighted by atomic mass is 19.1. The molecule has 4 rings (SSSR count). The van der Waals surface area contributed by atoms with Crippen molar-refractivity contribution in [2.24, 2.45) is 0 Å². The van der Waals surface area contributed by atoms with Crippen molar-refractivity contribution in [3.63, 3.8) is 0 Å². The van der Waals surface area contributed by atoms with Gasteiger partial charge in [0.2, 0.25) is 0 Å². The monoisotopic (exact) mass is 380 g/mol. The molecule has 28 heavy (non-hydrogen) atoms. The number of H-pyrrole nitrogens is 1. The molecule has 0 radical (unpaired) electrons. The number of piperidine rings is 1. The summed E-state index contributed by atoms with van der Waals surface area (Å²) in [6.45, 7) is 2.34. The van der Waals surface area contributed by atoms with Gasteiger partial charge in [0.25, 0.3) is 0 Å². The molecule has 0 aliphatic carbocycles. The molecule has 0 bridgehead atoms. The molecule has 1 aliphatic heterocycles. The molecule has 1 atom stereocenters. The molecule has 0 saturated carbocycles. The smallest absolute Gasteiger partial charge is 0.315 e. The number of carbonyl (C=O) groups excluding carboxylic acids is 1. The van der Waals surface area contributed by atoms with E-state index in [1.807, 2.05) is 36.4 Å². The lowest BCUT2D eigenvalue weighted by atomic mass is 10.0. The highest BCUT2D eigenvalue weighted by Crippen LogP contribution is 2.27. The minimum atomic E-state index is -0.259. The number of para-hydroxylation sites is 1. The van der Waals surface area contributed by atoms with Crippen LogP contribution in [0.25, 0.3) is 22.2 Å². The number of benzene rings is 2. The van der Waals surface area contributed by atoms with Crippen molar-refractivity contribution in [1.82, 2.24) is 20.9 Å². The standard InChI is InChI=1S/C22H25FN4O/c23-19-8-7-15(9-11-25-22(28)26-17-5-3-10-24-14-17)12-18(19)21-13-16-4-1-2-6-20(16)27-21/h1-2,4,6-8,12-13,17,24,27H,3,5,9-11,14H2,(H2,25,26,28)/t17-/m1/s1. The number of hydrogen-bond acceptors (Lipinski definition) is 2. The Kier molecular flexibility index (Phi) is 5.58. The Morgan fingerprint density at radius 2 is 2.07 bits per heavy atom. The lowest BCUT2D eigenvalue weighted by Crippen LogP contribution is -2.49. The van der Waals surface area contributed by atoms with Gasteiger partial charge >= 0.3 is 6.03 Å². The fraction of sp³-hybridized carbons (Fsp3) is 0.318. The van der Waals surface area contributed by atoms with Crippen molar-refractivity contribution < 1.29 is 9.18 Å². The molecule has 1 saturated heterocycles. The number of hydrogen-bond donors (Lipinski definition) is 4. The summed E-state index contributed by atoms with van der Waals surface area (Å²) in [4.78, 5) is 15.3. The molecular formula is C22H25FN4O. The van der Waals surface area contributed by atoms with Gasteiger partial charge in [-0.2, -0.15) is 0 Å². The van der Waals surface area contributed by atoms with E-state index in [9.17, 15) is 9.18 Å². The average molecular weight is 380 g/mol. The van der Waals surface area contributed by atoms with E-state index in [2.05, 4.69) is 20.9 Å². The highest BCUT2D eigenvalue weighted by molar-refractivity contribution is 5.86. The molecule has 6 heteroatoms. The Bertz CT molecular complexity index is 929. The average Bonchev–Trinajstić information content (AvgIpc) is 3.14. The van der Waals surface area contributed by atoms with E-state index in [-0.39, 0.29) is 17.9 Å². The minimum absolute atomic E-state index is 0.147. The fourth-order valence-corrected chi connectivity index (χ4v) is 3.68. The first-order chi connectivity index (χ1) is 13.7. The van der Waals surface area contributed by atoms with E-state index in [0.717, 1.165) is 48.1 Å². The number of rotatable bonds is 5. The second kappa shape index (κ2) is 8.44. The summed E-state index contributed by atoms with van der Waals surface area (Å²) in [6.07, 6.45) is 2.73. The van der Waals surface area contributed by atoms with Gasteiger partial charge in [-0.25, -0.2) is 9.18 Å². The zero-order valence-corrected chi connectivity index (χ0v) is 15.7. The predicted molar refractivity (Wildman–Crippen MR) is 110 cm³/mol. The molecule has 146 valence electrons. The Balaban J connectivity index is 1.37. The molecular weight excluding hydrogens is 355 g/mol. The summed E-state index contributed by atoms with van der Waals surface area (Å²) in [5.41, 5.74) is 3.27. The quantitative estimate of drug-likeness (QED) is 0.547. The maximum Gasteiger partial charge on any atom is 0.315 e. The van der Waals surface area contributed by atoms with Crippen LogP contribution in [0, 0.1) is 5.82 Å². The third-order valence-electron chi connectivity index (χ3n) is 5.18. The molecule has 2 heterocycles. The van der Waals surface area contributed by atoms with E-state index >= 15 is 0 Å². The number of amides is 2. The van der Waals surface area contributed by atoms with Gasteiger partial charge < -0.3 is 20.9 Å². The van der Waals surface area contributed by atoms with Crippen LogP contribution in [0.5, 0.6) is 0 Å². The number of fused-ring (bicyclic) bond motifs is 1. The molecule has 4 N–H and O–H groups in total. The number of halogens is 1. The lowest BCUT2D eigenvalue weighted by molar-refractivity contribution is 0.234. The number of nitrogens with one attached hydrogen (secondary N) is 4. The molecule has 1 fully saturated rings. The normalized spacial score (nSPS) is 16.8. The van der Waals surface area contributed by atoms with Crippen LogP contribution in [0.15, 0.2) is 48.5 Å². The van der Waals surface area contributed by atoms with Crippen molar-refractivity contribution in [2.45, 2.75) is 25.3 Å². The fourth-order valence-electron chi connectivity index (χ4n) is 3.68. The van der Waals surface area contributed by atoms with E-state index in [1.54, 1.807) is 6.07 Å². The van der Waals surface area contributed by atoms with Crippen molar-refractivity contribution >= 4 is 16.9 Å². The molecule has 0 unspecified atom stereocenters. The summed E-state index contributed by atoms with van der Waals surface area (Å²) in [5.74, 6) is -0.259. The predicted octanol–water partition coefficient (Wildman–Crippen LogP) is 3.57. The number of aromatic nitrogens is 1. The molecule has 5 nitrogen and oxygen atoms in total. The van der Waals surface area contributed by atoms with Crippen molar-refractivity contribution in [3.8, 4) is 11.3 Å². The first kappa shape index (κ1) is 18.5. The molecule has 2 aromatic carbocycles. The SMILES string of the molecule is O=C(NCCc1ccc(F)c(-c2cc3ccccc3[nH]2)c1)N[C@@H]1CCCNC1. The Hall–Kier alpha value is -2.86. The maximum atomic E-state index is 14.4. The molecule has 3 aromatic rings. The zero-order chi connectivity index (χ0) is 19.3. The van der Waals surface area contributed by atoms with E-state index in [0.29, 0.717) is 18.5 Å². The number of carbonyl (C=O) groups is 1. The molecule has 2 amide bonds. The summed E-state index contributed by atoms with van der Waals surface area (Å²) in [5, 5.41) is 10.2. The van der Waals surface area contributed by atoms with Gasteiger partial charge in [-0.1, -0.05) is 24.3 Å². The van der Waals surface area contributed by atoms with Gasteiger partial charge in [0.15, 0.2) is 0 Å². The third kappa shape index (κ3) is 4.34. The van der Waals surface area contributed by atoms with Gasteiger partial charge in [0, 0.05) is 41.3 Å². The van der Waals surface area contributed by atoms with Gasteiger partial charge in [0.1, 0.15) is 5.82 Å². The summed E-state index contributed by atoms with van der Waals surface area (Å²) in [6, 6.07) is 15.0. The minimum Gasteiger partial charge on any atom is -0.354 e. The van der Waals surface area contributed by atoms with Crippen LogP contribution in [-0.2, 0) is 6.42 Å². The van der Waals surface area contributed by atoms with Gasteiger partial charge in [-0.15, -0.1) is 0 Å². The highest BCUT2D eigenvalue weighted by Gasteiger charge is 2.15. The maximum absolute atomic E-state index is 14.4. The van der Waals surface area contributed by atoms with Crippen LogP contribution in [0.3, 0.4) is 0 Å². The van der Waals surface area contributed by atoms with Crippen molar-refractivity contribution in [2.75, 3.05) is 19.6 Å². The van der Waals surface area contributed by atoms with Crippen LogP contribution < -0.4 is 16.0 Å². The zero-order valence-electron chi connectivity index (χ0n) is 15.7. The van der Waals surface area contributed by atoms with Crippen LogP contribution in [0.4, 0.5) is 9.18 Å². The summed E-state index contributed by atoms with van der Waals surface area (Å²) < 4.78 is 14.4. The lowest BCUT2D eigenvalue weighted by Gasteiger charge is -2.23. The van der Waals surface area contributed by atoms with Crippen molar-refractivity contribution in [3.05, 3.63) is 59.9 Å². The van der Waals surface area contributed by atoms with Gasteiger partial charge in [-0.3, -0.25) is 0 Å². The second-order valence-corrected chi connectivity index (χ2v) is 7.28. The van der Waals surface area contributed by atoms with Crippen LogP contribution in [0.2, 0.25) is 0 Å². The van der Waals surface area contributed by atoms with Crippen LogP contribution in [0.1, 0.15) is 18.4 Å². The molecule has 0 spiro atoms.